The quantitative estimate of drug-likeness (QED) is 0.633. The van der Waals surface area contributed by atoms with Crippen LogP contribution in [0.5, 0.6) is 0 Å². The molecule has 22 heavy (non-hydrogen) atoms. The van der Waals surface area contributed by atoms with E-state index in [0.717, 1.165) is 50.5 Å². The van der Waals surface area contributed by atoms with Crippen molar-refractivity contribution in [2.24, 2.45) is 10.7 Å². The first-order valence-corrected chi connectivity index (χ1v) is 8.16. The molecule has 1 atom stereocenters. The van der Waals surface area contributed by atoms with Crippen LogP contribution in [-0.2, 0) is 11.3 Å². The van der Waals surface area contributed by atoms with E-state index in [0.29, 0.717) is 12.5 Å². The van der Waals surface area contributed by atoms with Crippen LogP contribution in [-0.4, -0.2) is 43.3 Å². The van der Waals surface area contributed by atoms with Gasteiger partial charge in [0.2, 0.25) is 0 Å². The zero-order valence-electron chi connectivity index (χ0n) is 13.0. The summed E-state index contributed by atoms with van der Waals surface area (Å²) in [4.78, 5) is 11.2. The van der Waals surface area contributed by atoms with Crippen molar-refractivity contribution in [3.8, 4) is 0 Å². The summed E-state index contributed by atoms with van der Waals surface area (Å²) in [6, 6.07) is 4.11. The summed E-state index contributed by atoms with van der Waals surface area (Å²) >= 11 is 0. The van der Waals surface area contributed by atoms with Crippen LogP contribution < -0.4 is 16.0 Å². The van der Waals surface area contributed by atoms with Crippen LogP contribution in [0.25, 0.3) is 0 Å². The first-order valence-electron chi connectivity index (χ1n) is 8.16. The van der Waals surface area contributed by atoms with Gasteiger partial charge in [0, 0.05) is 32.4 Å². The lowest BCUT2D eigenvalue weighted by Gasteiger charge is -2.16. The van der Waals surface area contributed by atoms with Crippen LogP contribution in [0.4, 0.5) is 5.82 Å². The predicted molar refractivity (Wildman–Crippen MR) is 88.0 cm³/mol. The van der Waals surface area contributed by atoms with Gasteiger partial charge in [-0.2, -0.15) is 0 Å². The molecule has 2 aliphatic rings. The highest BCUT2D eigenvalue weighted by Gasteiger charge is 2.15. The van der Waals surface area contributed by atoms with E-state index in [1.54, 1.807) is 0 Å². The van der Waals surface area contributed by atoms with Gasteiger partial charge >= 0.3 is 0 Å². The molecular formula is C16H25N5O. The number of nitrogens with two attached hydrogens (primary N) is 1. The van der Waals surface area contributed by atoms with Crippen molar-refractivity contribution in [3.05, 3.63) is 23.9 Å². The second kappa shape index (κ2) is 7.45. The maximum atomic E-state index is 5.92. The predicted octanol–water partition coefficient (Wildman–Crippen LogP) is 1.27. The van der Waals surface area contributed by atoms with E-state index in [2.05, 4.69) is 26.3 Å². The van der Waals surface area contributed by atoms with Crippen molar-refractivity contribution in [1.82, 2.24) is 10.3 Å². The Morgan fingerprint density at radius 2 is 2.27 bits per heavy atom. The van der Waals surface area contributed by atoms with Crippen LogP contribution in [0.15, 0.2) is 23.3 Å². The van der Waals surface area contributed by atoms with Crippen LogP contribution >= 0.6 is 0 Å². The molecule has 0 amide bonds. The number of hydrogen-bond acceptors (Lipinski definition) is 4. The third-order valence-electron chi connectivity index (χ3n) is 4.21. The number of nitrogens with one attached hydrogen (secondary N) is 1. The Morgan fingerprint density at radius 3 is 3.05 bits per heavy atom. The molecule has 2 fully saturated rings. The van der Waals surface area contributed by atoms with E-state index < -0.39 is 0 Å². The molecule has 3 N–H and O–H groups in total. The van der Waals surface area contributed by atoms with E-state index in [1.165, 1.54) is 12.8 Å². The molecule has 120 valence electrons. The third-order valence-corrected chi connectivity index (χ3v) is 4.21. The molecule has 3 rings (SSSR count). The lowest BCUT2D eigenvalue weighted by atomic mass is 10.2. The van der Waals surface area contributed by atoms with Gasteiger partial charge in [-0.05, 0) is 43.4 Å². The largest absolute Gasteiger partial charge is 0.376 e. The van der Waals surface area contributed by atoms with Gasteiger partial charge in [-0.25, -0.2) is 9.98 Å². The molecular weight excluding hydrogens is 278 g/mol. The second-order valence-corrected chi connectivity index (χ2v) is 5.93. The highest BCUT2D eigenvalue weighted by molar-refractivity contribution is 5.77. The van der Waals surface area contributed by atoms with E-state index in [9.17, 15) is 0 Å². The maximum Gasteiger partial charge on any atom is 0.189 e. The van der Waals surface area contributed by atoms with Gasteiger partial charge in [-0.15, -0.1) is 0 Å². The Labute approximate surface area is 131 Å². The van der Waals surface area contributed by atoms with Crippen LogP contribution in [0, 0.1) is 0 Å². The number of hydrogen-bond donors (Lipinski definition) is 2. The molecule has 1 unspecified atom stereocenters. The zero-order valence-corrected chi connectivity index (χ0v) is 13.0. The average molecular weight is 303 g/mol. The van der Waals surface area contributed by atoms with E-state index >= 15 is 0 Å². The smallest absolute Gasteiger partial charge is 0.189 e. The monoisotopic (exact) mass is 303 g/mol. The van der Waals surface area contributed by atoms with E-state index in [1.807, 2.05) is 12.3 Å². The number of aromatic nitrogens is 1. The van der Waals surface area contributed by atoms with E-state index in [-0.39, 0.29) is 6.10 Å². The van der Waals surface area contributed by atoms with Gasteiger partial charge in [-0.1, -0.05) is 0 Å². The molecule has 0 aliphatic carbocycles. The topological polar surface area (TPSA) is 75.8 Å². The normalized spacial score (nSPS) is 22.3. The first-order chi connectivity index (χ1) is 10.8. The molecule has 1 aromatic heterocycles. The highest BCUT2D eigenvalue weighted by Crippen LogP contribution is 2.18. The fourth-order valence-electron chi connectivity index (χ4n) is 2.93. The molecule has 0 aromatic carbocycles. The number of pyridine rings is 1. The fourth-order valence-corrected chi connectivity index (χ4v) is 2.93. The zero-order chi connectivity index (χ0) is 15.2. The van der Waals surface area contributed by atoms with Crippen molar-refractivity contribution >= 4 is 11.8 Å². The number of anilines is 1. The van der Waals surface area contributed by atoms with Crippen molar-refractivity contribution < 1.29 is 4.74 Å². The van der Waals surface area contributed by atoms with Gasteiger partial charge in [0.25, 0.3) is 0 Å². The summed E-state index contributed by atoms with van der Waals surface area (Å²) in [5.74, 6) is 1.53. The Morgan fingerprint density at radius 1 is 1.41 bits per heavy atom. The SMILES string of the molecule is NC(=NCc1ccnc(N2CCCC2)c1)NCC1CCCO1. The summed E-state index contributed by atoms with van der Waals surface area (Å²) in [5, 5.41) is 3.14. The minimum atomic E-state index is 0.274. The number of ether oxygens (including phenoxy) is 1. The summed E-state index contributed by atoms with van der Waals surface area (Å²) in [5.41, 5.74) is 7.05. The number of aliphatic imine (C=N–C) groups is 1. The number of nitrogens with zero attached hydrogens (tertiary/aromatic N) is 3. The minimum absolute atomic E-state index is 0.274. The lowest BCUT2D eigenvalue weighted by Crippen LogP contribution is -2.37. The summed E-state index contributed by atoms with van der Waals surface area (Å²) in [6.07, 6.45) is 6.88. The molecule has 0 spiro atoms. The van der Waals surface area contributed by atoms with Gasteiger partial charge in [-0.3, -0.25) is 0 Å². The Bertz CT molecular complexity index is 507. The molecule has 0 radical (unpaired) electrons. The van der Waals surface area contributed by atoms with Crippen LogP contribution in [0.1, 0.15) is 31.2 Å². The molecule has 0 saturated carbocycles. The molecule has 6 nitrogen and oxygen atoms in total. The molecule has 6 heteroatoms. The fraction of sp³-hybridized carbons (Fsp3) is 0.625. The number of guanidine groups is 1. The van der Waals surface area contributed by atoms with Gasteiger partial charge < -0.3 is 20.7 Å². The summed E-state index contributed by atoms with van der Waals surface area (Å²) in [6.45, 7) is 4.38. The lowest BCUT2D eigenvalue weighted by molar-refractivity contribution is 0.114. The number of rotatable bonds is 5. The second-order valence-electron chi connectivity index (χ2n) is 5.93. The van der Waals surface area contributed by atoms with Crippen LogP contribution in [0.2, 0.25) is 0 Å². The molecule has 0 bridgehead atoms. The van der Waals surface area contributed by atoms with Crippen molar-refractivity contribution in [1.29, 1.82) is 0 Å². The molecule has 2 aliphatic heterocycles. The van der Waals surface area contributed by atoms with Crippen molar-refractivity contribution in [2.45, 2.75) is 38.3 Å². The third kappa shape index (κ3) is 4.10. The minimum Gasteiger partial charge on any atom is -0.376 e. The van der Waals surface area contributed by atoms with Gasteiger partial charge in [0.05, 0.1) is 12.6 Å². The van der Waals surface area contributed by atoms with Crippen LogP contribution in [0.3, 0.4) is 0 Å². The van der Waals surface area contributed by atoms with Gasteiger partial charge in [0.1, 0.15) is 5.82 Å². The Kier molecular flexibility index (Phi) is 5.11. The highest BCUT2D eigenvalue weighted by atomic mass is 16.5. The van der Waals surface area contributed by atoms with Crippen molar-refractivity contribution in [3.63, 3.8) is 0 Å². The summed E-state index contributed by atoms with van der Waals surface area (Å²) < 4.78 is 5.55. The molecule has 1 aromatic rings. The Hall–Kier alpha value is -1.82. The van der Waals surface area contributed by atoms with Crippen molar-refractivity contribution in [2.75, 3.05) is 31.1 Å². The standard InChI is InChI=1S/C16H25N5O/c17-16(20-12-14-4-3-9-22-14)19-11-13-5-6-18-15(10-13)21-7-1-2-8-21/h5-6,10,14H,1-4,7-9,11-12H2,(H3,17,19,20). The Balaban J connectivity index is 1.51. The molecule has 2 saturated heterocycles. The molecule has 3 heterocycles. The van der Waals surface area contributed by atoms with E-state index in [4.69, 9.17) is 10.5 Å². The summed E-state index contributed by atoms with van der Waals surface area (Å²) in [7, 11) is 0. The average Bonchev–Trinajstić information content (AvgIpc) is 3.24. The maximum absolute atomic E-state index is 5.92. The van der Waals surface area contributed by atoms with Gasteiger partial charge in [0.15, 0.2) is 5.96 Å². The first kappa shape index (κ1) is 15.1.